The first-order valence-electron chi connectivity index (χ1n) is 6.86. The van der Waals surface area contributed by atoms with Gasteiger partial charge in [-0.25, -0.2) is 5.43 Å². The second-order valence-corrected chi connectivity index (χ2v) is 6.60. The monoisotopic (exact) mass is 267 g/mol. The lowest BCUT2D eigenvalue weighted by molar-refractivity contribution is -0.139. The minimum atomic E-state index is -0.697. The van der Waals surface area contributed by atoms with Gasteiger partial charge < -0.3 is 5.32 Å². The molecule has 1 saturated carbocycles. The van der Waals surface area contributed by atoms with Gasteiger partial charge in [-0.05, 0) is 44.4 Å². The Bertz CT molecular complexity index is 386. The van der Waals surface area contributed by atoms with Crippen molar-refractivity contribution in [1.29, 1.82) is 0 Å². The standard InChI is InChI=1S/C14H25N3O2/c1-9(2)15-12(18)13(19)17-16-11-6-10(3)7-14(4,5)8-11/h9-10H,6-8H2,1-5H3,(H,15,18)(H,17,19)/b16-11-/t10-/m0/s1. The van der Waals surface area contributed by atoms with Crippen molar-refractivity contribution in [2.24, 2.45) is 16.4 Å². The van der Waals surface area contributed by atoms with Crippen molar-refractivity contribution in [3.63, 3.8) is 0 Å². The van der Waals surface area contributed by atoms with E-state index in [-0.39, 0.29) is 11.5 Å². The molecule has 19 heavy (non-hydrogen) atoms. The highest BCUT2D eigenvalue weighted by Crippen LogP contribution is 2.36. The lowest BCUT2D eigenvalue weighted by atomic mass is 9.72. The van der Waals surface area contributed by atoms with E-state index in [1.807, 2.05) is 13.8 Å². The molecule has 0 spiro atoms. The molecule has 5 nitrogen and oxygen atoms in total. The topological polar surface area (TPSA) is 70.6 Å². The van der Waals surface area contributed by atoms with Crippen LogP contribution in [-0.2, 0) is 9.59 Å². The summed E-state index contributed by atoms with van der Waals surface area (Å²) in [6, 6.07) is -0.0560. The van der Waals surface area contributed by atoms with Crippen LogP contribution in [0, 0.1) is 11.3 Å². The molecular formula is C14H25N3O2. The molecule has 0 aromatic heterocycles. The predicted octanol–water partition coefficient (Wildman–Crippen LogP) is 1.83. The van der Waals surface area contributed by atoms with Crippen molar-refractivity contribution >= 4 is 17.5 Å². The van der Waals surface area contributed by atoms with E-state index in [4.69, 9.17) is 0 Å². The van der Waals surface area contributed by atoms with E-state index in [0.717, 1.165) is 25.0 Å². The maximum Gasteiger partial charge on any atom is 0.329 e. The lowest BCUT2D eigenvalue weighted by Crippen LogP contribution is -2.41. The smallest absolute Gasteiger partial charge is 0.329 e. The molecule has 0 saturated heterocycles. The first-order valence-corrected chi connectivity index (χ1v) is 6.86. The molecule has 0 radical (unpaired) electrons. The molecule has 2 N–H and O–H groups in total. The van der Waals surface area contributed by atoms with Gasteiger partial charge in [-0.2, -0.15) is 5.10 Å². The van der Waals surface area contributed by atoms with Crippen molar-refractivity contribution in [2.45, 2.75) is 59.9 Å². The van der Waals surface area contributed by atoms with Crippen LogP contribution in [0.1, 0.15) is 53.9 Å². The number of rotatable bonds is 2. The van der Waals surface area contributed by atoms with Gasteiger partial charge in [0, 0.05) is 11.8 Å². The van der Waals surface area contributed by atoms with E-state index < -0.39 is 11.8 Å². The fraction of sp³-hybridized carbons (Fsp3) is 0.786. The summed E-state index contributed by atoms with van der Waals surface area (Å²) in [5.74, 6) is -0.774. The molecule has 1 atom stereocenters. The third-order valence-corrected chi connectivity index (χ3v) is 3.11. The Labute approximate surface area is 115 Å². The van der Waals surface area contributed by atoms with Crippen LogP contribution in [0.15, 0.2) is 5.10 Å². The first-order chi connectivity index (χ1) is 8.69. The van der Waals surface area contributed by atoms with E-state index in [1.54, 1.807) is 0 Å². The van der Waals surface area contributed by atoms with Gasteiger partial charge in [-0.3, -0.25) is 9.59 Å². The van der Waals surface area contributed by atoms with Gasteiger partial charge in [0.2, 0.25) is 0 Å². The number of amides is 2. The molecule has 0 heterocycles. The molecular weight excluding hydrogens is 242 g/mol. The summed E-state index contributed by atoms with van der Waals surface area (Å²) < 4.78 is 0. The van der Waals surface area contributed by atoms with Crippen LogP contribution in [0.4, 0.5) is 0 Å². The van der Waals surface area contributed by atoms with Crippen LogP contribution in [-0.4, -0.2) is 23.6 Å². The summed E-state index contributed by atoms with van der Waals surface area (Å²) in [6.45, 7) is 10.2. The highest BCUT2D eigenvalue weighted by Gasteiger charge is 2.29. The van der Waals surface area contributed by atoms with Gasteiger partial charge in [0.1, 0.15) is 0 Å². The van der Waals surface area contributed by atoms with Crippen molar-refractivity contribution in [3.05, 3.63) is 0 Å². The van der Waals surface area contributed by atoms with Gasteiger partial charge in [0.25, 0.3) is 0 Å². The minimum absolute atomic E-state index is 0.0560. The summed E-state index contributed by atoms with van der Waals surface area (Å²) in [7, 11) is 0. The molecule has 1 rings (SSSR count). The average Bonchev–Trinajstić information content (AvgIpc) is 2.22. The van der Waals surface area contributed by atoms with Gasteiger partial charge >= 0.3 is 11.8 Å². The van der Waals surface area contributed by atoms with Gasteiger partial charge in [0.15, 0.2) is 0 Å². The fourth-order valence-corrected chi connectivity index (χ4v) is 2.71. The van der Waals surface area contributed by atoms with E-state index >= 15 is 0 Å². The van der Waals surface area contributed by atoms with Gasteiger partial charge in [-0.15, -0.1) is 0 Å². The van der Waals surface area contributed by atoms with Crippen LogP contribution < -0.4 is 10.7 Å². The van der Waals surface area contributed by atoms with Crippen LogP contribution in [0.25, 0.3) is 0 Å². The largest absolute Gasteiger partial charge is 0.346 e. The zero-order valence-electron chi connectivity index (χ0n) is 12.5. The van der Waals surface area contributed by atoms with Crippen molar-refractivity contribution in [1.82, 2.24) is 10.7 Å². The molecule has 5 heteroatoms. The summed E-state index contributed by atoms with van der Waals surface area (Å²) in [6.07, 6.45) is 2.91. The van der Waals surface area contributed by atoms with Gasteiger partial charge in [0.05, 0.1) is 0 Å². The van der Waals surface area contributed by atoms with Gasteiger partial charge in [-0.1, -0.05) is 20.8 Å². The fourth-order valence-electron chi connectivity index (χ4n) is 2.71. The number of nitrogens with one attached hydrogen (secondary N) is 2. The summed E-state index contributed by atoms with van der Waals surface area (Å²) in [5.41, 5.74) is 3.53. The number of carbonyl (C=O) groups is 2. The molecule has 0 aromatic carbocycles. The molecule has 1 aliphatic rings. The third kappa shape index (κ3) is 5.41. The molecule has 1 aliphatic carbocycles. The zero-order valence-corrected chi connectivity index (χ0v) is 12.5. The second-order valence-electron chi connectivity index (χ2n) is 6.60. The summed E-state index contributed by atoms with van der Waals surface area (Å²) >= 11 is 0. The molecule has 2 amide bonds. The molecule has 0 aromatic rings. The normalized spacial score (nSPS) is 24.3. The van der Waals surface area contributed by atoms with E-state index in [2.05, 4.69) is 36.6 Å². The maximum absolute atomic E-state index is 11.5. The van der Waals surface area contributed by atoms with E-state index in [0.29, 0.717) is 5.92 Å². The van der Waals surface area contributed by atoms with E-state index in [1.165, 1.54) is 0 Å². The van der Waals surface area contributed by atoms with Crippen LogP contribution >= 0.6 is 0 Å². The van der Waals surface area contributed by atoms with Crippen LogP contribution in [0.5, 0.6) is 0 Å². The molecule has 0 unspecified atom stereocenters. The number of carbonyl (C=O) groups excluding carboxylic acids is 2. The van der Waals surface area contributed by atoms with Crippen LogP contribution in [0.2, 0.25) is 0 Å². The van der Waals surface area contributed by atoms with E-state index in [9.17, 15) is 9.59 Å². The zero-order chi connectivity index (χ0) is 14.6. The predicted molar refractivity (Wildman–Crippen MR) is 75.7 cm³/mol. The molecule has 108 valence electrons. The Kier molecular flexibility index (Phi) is 5.09. The minimum Gasteiger partial charge on any atom is -0.346 e. The average molecular weight is 267 g/mol. The number of hydrogen-bond acceptors (Lipinski definition) is 3. The highest BCUT2D eigenvalue weighted by molar-refractivity contribution is 6.35. The van der Waals surface area contributed by atoms with Crippen LogP contribution in [0.3, 0.4) is 0 Å². The highest BCUT2D eigenvalue weighted by atomic mass is 16.2. The molecule has 0 aliphatic heterocycles. The summed E-state index contributed by atoms with van der Waals surface area (Å²) in [5, 5.41) is 6.65. The second kappa shape index (κ2) is 6.17. The Balaban J connectivity index is 2.56. The number of nitrogens with zero attached hydrogens (tertiary/aromatic N) is 1. The first kappa shape index (κ1) is 15.7. The molecule has 1 fully saturated rings. The summed E-state index contributed by atoms with van der Waals surface area (Å²) in [4.78, 5) is 23.0. The Hall–Kier alpha value is -1.39. The lowest BCUT2D eigenvalue weighted by Gasteiger charge is -2.34. The van der Waals surface area contributed by atoms with Crippen molar-refractivity contribution in [2.75, 3.05) is 0 Å². The van der Waals surface area contributed by atoms with Crippen molar-refractivity contribution in [3.8, 4) is 0 Å². The van der Waals surface area contributed by atoms with Crippen molar-refractivity contribution < 1.29 is 9.59 Å². The third-order valence-electron chi connectivity index (χ3n) is 3.11. The number of hydrazone groups is 1. The SMILES string of the molecule is CC(C)NC(=O)C(=O)N/N=C1/C[C@H](C)CC(C)(C)C1. The number of hydrogen-bond donors (Lipinski definition) is 2. The maximum atomic E-state index is 11.5. The Morgan fingerprint density at radius 3 is 2.47 bits per heavy atom. The molecule has 0 bridgehead atoms. The Morgan fingerprint density at radius 2 is 1.95 bits per heavy atom. The quantitative estimate of drug-likeness (QED) is 0.592. The Morgan fingerprint density at radius 1 is 1.32 bits per heavy atom.